The van der Waals surface area contributed by atoms with Crippen LogP contribution in [0.1, 0.15) is 19.4 Å². The summed E-state index contributed by atoms with van der Waals surface area (Å²) >= 11 is 0. The van der Waals surface area contributed by atoms with Crippen LogP contribution in [0.3, 0.4) is 0 Å². The van der Waals surface area contributed by atoms with Crippen LogP contribution in [0, 0.1) is 0 Å². The normalized spacial score (nSPS) is 17.4. The fourth-order valence-electron chi connectivity index (χ4n) is 2.00. The molecule has 0 atom stereocenters. The van der Waals surface area contributed by atoms with Gasteiger partial charge in [-0.2, -0.15) is 0 Å². The Bertz CT molecular complexity index is 563. The Morgan fingerprint density at radius 3 is 2.59 bits per heavy atom. The molecular weight excluding hydrogens is 264 g/mol. The van der Waals surface area contributed by atoms with Crippen LogP contribution in [0.2, 0.25) is 0 Å². The molecule has 2 rings (SSSR count). The van der Waals surface area contributed by atoms with Crippen molar-refractivity contribution in [3.8, 4) is 11.5 Å². The van der Waals surface area contributed by atoms with E-state index in [0.717, 1.165) is 5.56 Å². The maximum absolute atomic E-state index is 11.6. The molecule has 1 aromatic rings. The van der Waals surface area contributed by atoms with E-state index in [0.29, 0.717) is 12.2 Å². The van der Waals surface area contributed by atoms with E-state index in [1.165, 1.54) is 7.11 Å². The molecule has 0 unspecified atom stereocenters. The van der Waals surface area contributed by atoms with Gasteiger partial charge in [0.05, 0.1) is 7.11 Å². The molecule has 6 heteroatoms. The second kappa shape index (κ2) is 3.78. The number of ether oxygens (including phenoxy) is 2. The van der Waals surface area contributed by atoms with E-state index < -0.39 is 14.7 Å². The fourth-order valence-corrected chi connectivity index (χ4v) is 3.22. The summed E-state index contributed by atoms with van der Waals surface area (Å²) in [6, 6.07) is 3.40. The molecular formula is C11H13ClO4S. The summed E-state index contributed by atoms with van der Waals surface area (Å²) in [6.07, 6.45) is 0.645. The zero-order valence-corrected chi connectivity index (χ0v) is 11.4. The van der Waals surface area contributed by atoms with Crippen molar-refractivity contribution in [2.45, 2.75) is 30.8 Å². The van der Waals surface area contributed by atoms with Crippen LogP contribution in [0.4, 0.5) is 0 Å². The van der Waals surface area contributed by atoms with E-state index in [1.807, 2.05) is 13.8 Å². The minimum Gasteiger partial charge on any atom is -0.495 e. The van der Waals surface area contributed by atoms with Gasteiger partial charge in [0.25, 0.3) is 9.05 Å². The zero-order chi connectivity index (χ0) is 12.8. The molecule has 0 saturated carbocycles. The first-order chi connectivity index (χ1) is 7.74. The summed E-state index contributed by atoms with van der Waals surface area (Å²) in [6.45, 7) is 3.79. The van der Waals surface area contributed by atoms with Crippen molar-refractivity contribution in [3.63, 3.8) is 0 Å². The highest BCUT2D eigenvalue weighted by Gasteiger charge is 2.36. The second-order valence-electron chi connectivity index (χ2n) is 4.56. The van der Waals surface area contributed by atoms with E-state index in [9.17, 15) is 8.42 Å². The van der Waals surface area contributed by atoms with E-state index in [4.69, 9.17) is 20.2 Å². The van der Waals surface area contributed by atoms with Crippen LogP contribution in [-0.4, -0.2) is 21.1 Å². The largest absolute Gasteiger partial charge is 0.495 e. The summed E-state index contributed by atoms with van der Waals surface area (Å²) in [4.78, 5) is -0.0789. The lowest BCUT2D eigenvalue weighted by molar-refractivity contribution is 0.134. The Balaban J connectivity index is 2.70. The van der Waals surface area contributed by atoms with E-state index in [-0.39, 0.29) is 10.6 Å². The maximum atomic E-state index is 11.6. The lowest BCUT2D eigenvalue weighted by Crippen LogP contribution is -2.25. The number of hydrogen-bond acceptors (Lipinski definition) is 4. The summed E-state index contributed by atoms with van der Waals surface area (Å²) in [5.41, 5.74) is 0.403. The van der Waals surface area contributed by atoms with Crippen molar-refractivity contribution in [1.82, 2.24) is 0 Å². The zero-order valence-electron chi connectivity index (χ0n) is 9.78. The first kappa shape index (κ1) is 12.5. The third-order valence-corrected chi connectivity index (χ3v) is 3.95. The number of fused-ring (bicyclic) bond motifs is 1. The second-order valence-corrected chi connectivity index (χ2v) is 7.06. The van der Waals surface area contributed by atoms with Gasteiger partial charge in [0.2, 0.25) is 0 Å². The van der Waals surface area contributed by atoms with Crippen LogP contribution >= 0.6 is 10.7 Å². The minimum absolute atomic E-state index is 0.0789. The summed E-state index contributed by atoms with van der Waals surface area (Å²) in [5.74, 6) is 0.515. The smallest absolute Gasteiger partial charge is 0.268 e. The first-order valence-corrected chi connectivity index (χ1v) is 7.39. The molecule has 0 fully saturated rings. The Hall–Kier alpha value is -0.940. The molecule has 1 aliphatic heterocycles. The van der Waals surface area contributed by atoms with Gasteiger partial charge >= 0.3 is 0 Å². The highest BCUT2D eigenvalue weighted by atomic mass is 35.7. The Morgan fingerprint density at radius 1 is 1.41 bits per heavy atom. The van der Waals surface area contributed by atoms with E-state index in [1.54, 1.807) is 12.1 Å². The summed E-state index contributed by atoms with van der Waals surface area (Å²) in [5, 5.41) is 0. The maximum Gasteiger partial charge on any atom is 0.268 e. The molecule has 1 aliphatic rings. The average molecular weight is 277 g/mol. The van der Waals surface area contributed by atoms with Crippen molar-refractivity contribution >= 4 is 19.7 Å². The highest BCUT2D eigenvalue weighted by Crippen LogP contribution is 2.45. The average Bonchev–Trinajstić information content (AvgIpc) is 2.47. The van der Waals surface area contributed by atoms with Crippen LogP contribution in [0.15, 0.2) is 17.0 Å². The van der Waals surface area contributed by atoms with Gasteiger partial charge in [0, 0.05) is 17.1 Å². The summed E-state index contributed by atoms with van der Waals surface area (Å²) in [7, 11) is 2.93. The van der Waals surface area contributed by atoms with Crippen molar-refractivity contribution in [1.29, 1.82) is 0 Å². The number of methoxy groups -OCH3 is 1. The van der Waals surface area contributed by atoms with Gasteiger partial charge in [-0.1, -0.05) is 6.07 Å². The molecule has 0 amide bonds. The van der Waals surface area contributed by atoms with Gasteiger partial charge < -0.3 is 9.47 Å². The fraction of sp³-hybridized carbons (Fsp3) is 0.455. The first-order valence-electron chi connectivity index (χ1n) is 5.08. The molecule has 4 nitrogen and oxygen atoms in total. The Kier molecular flexibility index (Phi) is 2.78. The molecule has 1 aromatic carbocycles. The van der Waals surface area contributed by atoms with Gasteiger partial charge in [-0.3, -0.25) is 0 Å². The van der Waals surface area contributed by atoms with Crippen LogP contribution in [0.25, 0.3) is 0 Å². The quantitative estimate of drug-likeness (QED) is 0.778. The number of benzene rings is 1. The molecule has 17 heavy (non-hydrogen) atoms. The number of hydrogen-bond donors (Lipinski definition) is 0. The lowest BCUT2D eigenvalue weighted by Gasteiger charge is -2.18. The molecule has 1 heterocycles. The van der Waals surface area contributed by atoms with Crippen molar-refractivity contribution < 1.29 is 17.9 Å². The molecule has 0 aliphatic carbocycles. The van der Waals surface area contributed by atoms with Gasteiger partial charge in [0.1, 0.15) is 17.1 Å². The topological polar surface area (TPSA) is 52.6 Å². The molecule has 0 radical (unpaired) electrons. The van der Waals surface area contributed by atoms with Crippen LogP contribution in [-0.2, 0) is 15.5 Å². The number of rotatable bonds is 2. The van der Waals surface area contributed by atoms with Crippen molar-refractivity contribution in [2.75, 3.05) is 7.11 Å². The predicted octanol–water partition coefficient (Wildman–Crippen LogP) is 2.34. The Labute approximate surface area is 105 Å². The van der Waals surface area contributed by atoms with Crippen LogP contribution < -0.4 is 9.47 Å². The Morgan fingerprint density at radius 2 is 2.06 bits per heavy atom. The molecule has 94 valence electrons. The standard InChI is InChI=1S/C11H13ClO4S/c1-11(2)6-7-4-5-8(15-3)10(9(7)16-11)17(12,13)14/h4-5H,6H2,1-3H3. The van der Waals surface area contributed by atoms with Gasteiger partial charge in [0.15, 0.2) is 4.90 Å². The monoisotopic (exact) mass is 276 g/mol. The molecule has 0 bridgehead atoms. The predicted molar refractivity (Wildman–Crippen MR) is 64.4 cm³/mol. The van der Waals surface area contributed by atoms with Crippen LogP contribution in [0.5, 0.6) is 11.5 Å². The SMILES string of the molecule is COc1ccc2c(c1S(=O)(=O)Cl)OC(C)(C)C2. The highest BCUT2D eigenvalue weighted by molar-refractivity contribution is 8.14. The molecule has 0 spiro atoms. The third kappa shape index (κ3) is 2.21. The minimum atomic E-state index is -3.90. The third-order valence-electron chi connectivity index (χ3n) is 2.62. The van der Waals surface area contributed by atoms with Crippen molar-refractivity contribution in [2.24, 2.45) is 0 Å². The van der Waals surface area contributed by atoms with Gasteiger partial charge in [-0.05, 0) is 25.5 Å². The van der Waals surface area contributed by atoms with E-state index >= 15 is 0 Å². The van der Waals surface area contributed by atoms with E-state index in [2.05, 4.69) is 0 Å². The van der Waals surface area contributed by atoms with Gasteiger partial charge in [-0.25, -0.2) is 8.42 Å². The van der Waals surface area contributed by atoms with Gasteiger partial charge in [-0.15, -0.1) is 0 Å². The number of halogens is 1. The van der Waals surface area contributed by atoms with Crippen molar-refractivity contribution in [3.05, 3.63) is 17.7 Å². The summed E-state index contributed by atoms with van der Waals surface area (Å²) < 4.78 is 33.9. The lowest BCUT2D eigenvalue weighted by atomic mass is 10.0. The molecule has 0 aromatic heterocycles. The molecule has 0 saturated heterocycles. The molecule has 0 N–H and O–H groups in total.